The Bertz CT molecular complexity index is 664. The second-order valence-corrected chi connectivity index (χ2v) is 6.04. The second-order valence-electron chi connectivity index (χ2n) is 4.39. The molecular weight excluding hydrogens is 290 g/mol. The maximum atomic E-state index is 12.1. The van der Waals surface area contributed by atoms with Gasteiger partial charge in [-0.25, -0.2) is 4.98 Å². The summed E-state index contributed by atoms with van der Waals surface area (Å²) in [6.45, 7) is 4.16. The Kier molecular flexibility index (Phi) is 4.46. The highest BCUT2D eigenvalue weighted by Gasteiger charge is 2.13. The number of nitrogens with one attached hydrogen (secondary N) is 1. The molecule has 0 aliphatic carbocycles. The number of nitrogens with two attached hydrogens (primary N) is 1. The number of nitrogens with zero attached hydrogens (tertiary/aromatic N) is 1. The van der Waals surface area contributed by atoms with Gasteiger partial charge < -0.3 is 11.1 Å². The zero-order valence-corrected chi connectivity index (χ0v) is 12.9. The summed E-state index contributed by atoms with van der Waals surface area (Å²) in [6, 6.07) is 7.53. The molecule has 0 fully saturated rings. The molecule has 0 saturated heterocycles. The summed E-state index contributed by atoms with van der Waals surface area (Å²) in [7, 11) is 0. The fourth-order valence-electron chi connectivity index (χ4n) is 1.84. The number of aromatic nitrogens is 1. The molecule has 0 bridgehead atoms. The smallest absolute Gasteiger partial charge is 0.263 e. The number of benzene rings is 1. The van der Waals surface area contributed by atoms with Gasteiger partial charge in [0.1, 0.15) is 9.87 Å². The van der Waals surface area contributed by atoms with E-state index in [1.807, 2.05) is 38.1 Å². The fraction of sp³-hybridized carbons (Fsp3) is 0.214. The zero-order valence-electron chi connectivity index (χ0n) is 11.3. The first-order valence-electron chi connectivity index (χ1n) is 6.08. The summed E-state index contributed by atoms with van der Waals surface area (Å²) in [5, 5.41) is 3.77. The van der Waals surface area contributed by atoms with Gasteiger partial charge in [-0.1, -0.05) is 30.4 Å². The summed E-state index contributed by atoms with van der Waals surface area (Å²) in [5.41, 5.74) is 8.12. The van der Waals surface area contributed by atoms with Gasteiger partial charge in [0.05, 0.1) is 10.7 Å². The summed E-state index contributed by atoms with van der Waals surface area (Å²) >= 11 is 6.34. The number of thiazole rings is 1. The van der Waals surface area contributed by atoms with Crippen molar-refractivity contribution in [2.24, 2.45) is 5.73 Å². The summed E-state index contributed by atoms with van der Waals surface area (Å²) in [4.78, 5) is 17.3. The number of thiocarbonyl (C=S) groups is 1. The Morgan fingerprint density at radius 2 is 2.20 bits per heavy atom. The van der Waals surface area contributed by atoms with E-state index in [9.17, 15) is 4.79 Å². The lowest BCUT2D eigenvalue weighted by Gasteiger charge is -2.06. The third-order valence-corrected chi connectivity index (χ3v) is 4.08. The summed E-state index contributed by atoms with van der Waals surface area (Å²) < 4.78 is 0. The van der Waals surface area contributed by atoms with Gasteiger partial charge in [-0.15, -0.1) is 11.3 Å². The van der Waals surface area contributed by atoms with E-state index in [0.717, 1.165) is 21.8 Å². The average Bonchev–Trinajstić information content (AvgIpc) is 2.75. The van der Waals surface area contributed by atoms with Crippen LogP contribution in [0.3, 0.4) is 0 Å². The van der Waals surface area contributed by atoms with Gasteiger partial charge in [-0.3, -0.25) is 4.79 Å². The lowest BCUT2D eigenvalue weighted by atomic mass is 10.1. The van der Waals surface area contributed by atoms with E-state index in [0.29, 0.717) is 16.4 Å². The Balaban J connectivity index is 2.05. The molecule has 1 aromatic carbocycles. The third-order valence-electron chi connectivity index (χ3n) is 2.77. The van der Waals surface area contributed by atoms with Gasteiger partial charge in [0.2, 0.25) is 0 Å². The van der Waals surface area contributed by atoms with Gasteiger partial charge in [-0.2, -0.15) is 0 Å². The van der Waals surface area contributed by atoms with Crippen molar-refractivity contribution in [1.82, 2.24) is 10.3 Å². The van der Waals surface area contributed by atoms with Crippen molar-refractivity contribution in [2.45, 2.75) is 20.4 Å². The topological polar surface area (TPSA) is 68.0 Å². The van der Waals surface area contributed by atoms with Crippen molar-refractivity contribution >= 4 is 34.5 Å². The predicted octanol–water partition coefficient (Wildman–Crippen LogP) is 2.32. The van der Waals surface area contributed by atoms with Crippen molar-refractivity contribution in [1.29, 1.82) is 0 Å². The minimum Gasteiger partial charge on any atom is -0.389 e. The monoisotopic (exact) mass is 305 g/mol. The second kappa shape index (κ2) is 6.11. The lowest BCUT2D eigenvalue weighted by molar-refractivity contribution is 0.0954. The van der Waals surface area contributed by atoms with Crippen LogP contribution < -0.4 is 11.1 Å². The van der Waals surface area contributed by atoms with Crippen LogP contribution in [0.4, 0.5) is 0 Å². The van der Waals surface area contributed by atoms with Crippen LogP contribution in [0.15, 0.2) is 24.3 Å². The van der Waals surface area contributed by atoms with Crippen molar-refractivity contribution in [3.8, 4) is 0 Å². The van der Waals surface area contributed by atoms with Crippen LogP contribution in [0.25, 0.3) is 0 Å². The lowest BCUT2D eigenvalue weighted by Crippen LogP contribution is -2.22. The Morgan fingerprint density at radius 3 is 2.80 bits per heavy atom. The van der Waals surface area contributed by atoms with Crippen LogP contribution in [0.5, 0.6) is 0 Å². The Morgan fingerprint density at radius 1 is 1.45 bits per heavy atom. The first-order chi connectivity index (χ1) is 9.47. The van der Waals surface area contributed by atoms with Gasteiger partial charge >= 0.3 is 0 Å². The zero-order chi connectivity index (χ0) is 14.7. The highest BCUT2D eigenvalue weighted by atomic mass is 32.1. The number of aryl methyl sites for hydroxylation is 2. The molecule has 2 rings (SSSR count). The molecule has 3 N–H and O–H groups in total. The van der Waals surface area contributed by atoms with Crippen molar-refractivity contribution in [3.05, 3.63) is 51.0 Å². The quantitative estimate of drug-likeness (QED) is 0.851. The number of hydrogen-bond donors (Lipinski definition) is 2. The van der Waals surface area contributed by atoms with Crippen LogP contribution in [0, 0.1) is 13.8 Å². The van der Waals surface area contributed by atoms with Crippen LogP contribution in [0.2, 0.25) is 0 Å². The van der Waals surface area contributed by atoms with Crippen molar-refractivity contribution in [2.75, 3.05) is 0 Å². The first kappa shape index (κ1) is 14.6. The molecule has 6 heteroatoms. The molecule has 104 valence electrons. The van der Waals surface area contributed by atoms with Gasteiger partial charge in [0.15, 0.2) is 0 Å². The van der Waals surface area contributed by atoms with E-state index in [-0.39, 0.29) is 5.91 Å². The molecule has 0 radical (unpaired) electrons. The minimum atomic E-state index is -0.103. The highest BCUT2D eigenvalue weighted by molar-refractivity contribution is 7.80. The van der Waals surface area contributed by atoms with E-state index in [1.165, 1.54) is 11.3 Å². The van der Waals surface area contributed by atoms with Crippen LogP contribution >= 0.6 is 23.6 Å². The minimum absolute atomic E-state index is 0.103. The molecular formula is C14H15N3OS2. The van der Waals surface area contributed by atoms with Crippen LogP contribution in [-0.4, -0.2) is 15.9 Å². The van der Waals surface area contributed by atoms with Gasteiger partial charge in [-0.05, 0) is 25.5 Å². The summed E-state index contributed by atoms with van der Waals surface area (Å²) in [6.07, 6.45) is 0. The molecule has 0 aliphatic rings. The molecule has 4 nitrogen and oxygen atoms in total. The molecule has 1 heterocycles. The number of carbonyl (C=O) groups is 1. The molecule has 0 aliphatic heterocycles. The maximum absolute atomic E-state index is 12.1. The first-order valence-corrected chi connectivity index (χ1v) is 7.31. The van der Waals surface area contributed by atoms with Crippen molar-refractivity contribution < 1.29 is 4.79 Å². The van der Waals surface area contributed by atoms with Gasteiger partial charge in [0, 0.05) is 12.1 Å². The van der Waals surface area contributed by atoms with E-state index in [1.54, 1.807) is 0 Å². The highest BCUT2D eigenvalue weighted by Crippen LogP contribution is 2.17. The van der Waals surface area contributed by atoms with Gasteiger partial charge in [0.25, 0.3) is 5.91 Å². The standard InChI is InChI=1S/C14H15N3OS2/c1-8-12(20-9(2)17-8)14(18)16-7-10-4-3-5-11(6-10)13(15)19/h3-6H,7H2,1-2H3,(H2,15,19)(H,16,18). The third kappa shape index (κ3) is 3.40. The molecule has 20 heavy (non-hydrogen) atoms. The molecule has 1 amide bonds. The Hall–Kier alpha value is -1.79. The van der Waals surface area contributed by atoms with E-state index < -0.39 is 0 Å². The van der Waals surface area contributed by atoms with E-state index >= 15 is 0 Å². The number of rotatable bonds is 4. The molecule has 2 aromatic rings. The van der Waals surface area contributed by atoms with E-state index in [2.05, 4.69) is 10.3 Å². The maximum Gasteiger partial charge on any atom is 0.263 e. The average molecular weight is 305 g/mol. The fourth-order valence-corrected chi connectivity index (χ4v) is 2.80. The molecule has 0 saturated carbocycles. The van der Waals surface area contributed by atoms with Crippen LogP contribution in [-0.2, 0) is 6.54 Å². The van der Waals surface area contributed by atoms with E-state index in [4.69, 9.17) is 18.0 Å². The summed E-state index contributed by atoms with van der Waals surface area (Å²) in [5.74, 6) is -0.103. The molecule has 0 unspecified atom stereocenters. The van der Waals surface area contributed by atoms with Crippen LogP contribution in [0.1, 0.15) is 31.5 Å². The number of carbonyl (C=O) groups excluding carboxylic acids is 1. The number of hydrogen-bond acceptors (Lipinski definition) is 4. The van der Waals surface area contributed by atoms with Crippen molar-refractivity contribution in [3.63, 3.8) is 0 Å². The molecule has 1 aromatic heterocycles. The molecule has 0 atom stereocenters. The largest absolute Gasteiger partial charge is 0.389 e. The predicted molar refractivity (Wildman–Crippen MR) is 85.1 cm³/mol. The SMILES string of the molecule is Cc1nc(C)c(C(=O)NCc2cccc(C(N)=S)c2)s1. The normalized spacial score (nSPS) is 10.3. The molecule has 0 spiro atoms. The Labute approximate surface area is 127 Å². The number of amides is 1.